The minimum absolute atomic E-state index is 0.00544. The quantitative estimate of drug-likeness (QED) is 0.644. The van der Waals surface area contributed by atoms with Crippen molar-refractivity contribution in [2.24, 2.45) is 0 Å². The molecule has 0 saturated heterocycles. The smallest absolute Gasteiger partial charge is 0.261 e. The van der Waals surface area contributed by atoms with Crippen LogP contribution in [-0.4, -0.2) is 42.7 Å². The predicted molar refractivity (Wildman–Crippen MR) is 109 cm³/mol. The molecule has 0 N–H and O–H groups in total. The summed E-state index contributed by atoms with van der Waals surface area (Å²) in [6.45, 7) is 1.36. The van der Waals surface area contributed by atoms with E-state index in [1.165, 1.54) is 0 Å². The Kier molecular flexibility index (Phi) is 5.42. The fourth-order valence-corrected chi connectivity index (χ4v) is 3.77. The first-order valence-corrected chi connectivity index (χ1v) is 9.55. The van der Waals surface area contributed by atoms with Crippen LogP contribution in [0.3, 0.4) is 0 Å². The number of hydrogen-bond acceptors (Lipinski definition) is 4. The molecule has 0 bridgehead atoms. The van der Waals surface area contributed by atoms with Crippen LogP contribution < -0.4 is 14.2 Å². The van der Waals surface area contributed by atoms with Gasteiger partial charge in [-0.05, 0) is 42.0 Å². The molecule has 0 spiro atoms. The molecule has 29 heavy (non-hydrogen) atoms. The number of para-hydroxylation sites is 1. The Morgan fingerprint density at radius 2 is 1.76 bits per heavy atom. The fraction of sp³-hybridized carbons (Fsp3) is 0.261. The number of fused-ring (bicyclic) bond motifs is 1. The number of carbonyl (C=O) groups is 1. The predicted octanol–water partition coefficient (Wildman–Crippen LogP) is 3.52. The molecule has 3 aromatic rings. The summed E-state index contributed by atoms with van der Waals surface area (Å²) < 4.78 is 18.7. The Morgan fingerprint density at radius 3 is 2.52 bits per heavy atom. The molecule has 6 heteroatoms. The zero-order valence-electron chi connectivity index (χ0n) is 16.6. The summed E-state index contributed by atoms with van der Waals surface area (Å²) in [5.41, 5.74) is 2.03. The van der Waals surface area contributed by atoms with E-state index in [1.807, 2.05) is 65.7 Å². The largest absolute Gasteiger partial charge is 0.493 e. The van der Waals surface area contributed by atoms with Crippen LogP contribution in [0.5, 0.6) is 17.2 Å². The Labute approximate surface area is 170 Å². The molecule has 1 unspecified atom stereocenters. The molecule has 4 rings (SSSR count). The second-order valence-corrected chi connectivity index (χ2v) is 6.83. The molecule has 6 nitrogen and oxygen atoms in total. The van der Waals surface area contributed by atoms with Crippen molar-refractivity contribution in [1.29, 1.82) is 0 Å². The second-order valence-electron chi connectivity index (χ2n) is 6.83. The monoisotopic (exact) mass is 392 g/mol. The summed E-state index contributed by atoms with van der Waals surface area (Å²) in [6, 6.07) is 19.0. The van der Waals surface area contributed by atoms with Gasteiger partial charge in [0.05, 0.1) is 20.3 Å². The molecular formula is C23H24N2O4. The number of hydrogen-bond donors (Lipinski definition) is 0. The maximum atomic E-state index is 13.1. The van der Waals surface area contributed by atoms with Crippen LogP contribution in [-0.2, 0) is 11.3 Å². The normalized spacial score (nSPS) is 15.5. The van der Waals surface area contributed by atoms with Crippen LogP contribution in [0.25, 0.3) is 0 Å². The molecule has 2 aromatic carbocycles. The number of carbonyl (C=O) groups excluding carboxylic acids is 1. The Hall–Kier alpha value is -3.41. The van der Waals surface area contributed by atoms with E-state index >= 15 is 0 Å². The van der Waals surface area contributed by atoms with Crippen molar-refractivity contribution in [2.75, 3.05) is 27.4 Å². The molecule has 1 aliphatic rings. The molecule has 0 radical (unpaired) electrons. The van der Waals surface area contributed by atoms with Gasteiger partial charge >= 0.3 is 0 Å². The van der Waals surface area contributed by atoms with Gasteiger partial charge in [0.2, 0.25) is 0 Å². The summed E-state index contributed by atoms with van der Waals surface area (Å²) in [4.78, 5) is 15.0. The highest BCUT2D eigenvalue weighted by Gasteiger charge is 2.32. The molecule has 0 saturated carbocycles. The maximum Gasteiger partial charge on any atom is 0.261 e. The van der Waals surface area contributed by atoms with Crippen LogP contribution in [0, 0.1) is 0 Å². The molecule has 2 heterocycles. The highest BCUT2D eigenvalue weighted by Crippen LogP contribution is 2.37. The minimum atomic E-state index is -0.217. The van der Waals surface area contributed by atoms with Crippen LogP contribution in [0.1, 0.15) is 17.3 Å². The summed E-state index contributed by atoms with van der Waals surface area (Å²) in [5.74, 6) is 1.93. The van der Waals surface area contributed by atoms with Crippen molar-refractivity contribution in [3.8, 4) is 17.2 Å². The molecule has 1 aliphatic heterocycles. The van der Waals surface area contributed by atoms with Crippen LogP contribution in [0.2, 0.25) is 0 Å². The lowest BCUT2D eigenvalue weighted by Gasteiger charge is -2.37. The number of benzene rings is 2. The molecule has 1 atom stereocenters. The third-order valence-corrected chi connectivity index (χ3v) is 5.19. The van der Waals surface area contributed by atoms with Crippen LogP contribution in [0.4, 0.5) is 0 Å². The number of nitrogens with zero attached hydrogens (tertiary/aromatic N) is 2. The average molecular weight is 392 g/mol. The average Bonchev–Trinajstić information content (AvgIpc) is 3.26. The number of methoxy groups -OCH3 is 2. The van der Waals surface area contributed by atoms with Gasteiger partial charge in [-0.25, -0.2) is 0 Å². The SMILES string of the molecule is COc1ccc(C2c3cccn3CCN2C(=O)COc2ccccc2)cc1OC. The molecule has 0 aliphatic carbocycles. The second kappa shape index (κ2) is 8.31. The van der Waals surface area contributed by atoms with E-state index in [2.05, 4.69) is 10.6 Å². The molecule has 1 aromatic heterocycles. The van der Waals surface area contributed by atoms with Crippen molar-refractivity contribution in [3.63, 3.8) is 0 Å². The van der Waals surface area contributed by atoms with E-state index in [9.17, 15) is 4.79 Å². The van der Waals surface area contributed by atoms with Gasteiger partial charge in [0, 0.05) is 25.0 Å². The highest BCUT2D eigenvalue weighted by molar-refractivity contribution is 5.79. The first-order chi connectivity index (χ1) is 14.2. The van der Waals surface area contributed by atoms with Crippen LogP contribution >= 0.6 is 0 Å². The third-order valence-electron chi connectivity index (χ3n) is 5.19. The van der Waals surface area contributed by atoms with E-state index < -0.39 is 0 Å². The minimum Gasteiger partial charge on any atom is -0.493 e. The number of ether oxygens (including phenoxy) is 3. The van der Waals surface area contributed by atoms with Crippen molar-refractivity contribution in [2.45, 2.75) is 12.6 Å². The van der Waals surface area contributed by atoms with Crippen LogP contribution in [0.15, 0.2) is 66.9 Å². The zero-order valence-corrected chi connectivity index (χ0v) is 16.6. The van der Waals surface area contributed by atoms with Gasteiger partial charge in [-0.3, -0.25) is 4.79 Å². The van der Waals surface area contributed by atoms with Gasteiger partial charge in [0.1, 0.15) is 5.75 Å². The lowest BCUT2D eigenvalue weighted by atomic mass is 9.99. The van der Waals surface area contributed by atoms with E-state index in [0.717, 1.165) is 17.8 Å². The van der Waals surface area contributed by atoms with Gasteiger partial charge in [0.25, 0.3) is 5.91 Å². The Bertz CT molecular complexity index is 984. The van der Waals surface area contributed by atoms with Gasteiger partial charge < -0.3 is 23.7 Å². The summed E-state index contributed by atoms with van der Waals surface area (Å²) >= 11 is 0. The number of rotatable bonds is 6. The zero-order chi connectivity index (χ0) is 20.2. The lowest BCUT2D eigenvalue weighted by Crippen LogP contribution is -2.44. The lowest BCUT2D eigenvalue weighted by molar-refractivity contribution is -0.136. The fourth-order valence-electron chi connectivity index (χ4n) is 3.77. The van der Waals surface area contributed by atoms with Crippen molar-refractivity contribution >= 4 is 5.91 Å². The molecule has 0 fully saturated rings. The molecule has 1 amide bonds. The van der Waals surface area contributed by atoms with Crippen molar-refractivity contribution < 1.29 is 19.0 Å². The van der Waals surface area contributed by atoms with Gasteiger partial charge in [-0.1, -0.05) is 24.3 Å². The van der Waals surface area contributed by atoms with Crippen molar-refractivity contribution in [3.05, 3.63) is 78.1 Å². The summed E-state index contributed by atoms with van der Waals surface area (Å²) in [6.07, 6.45) is 2.05. The third kappa shape index (κ3) is 3.78. The molecular weight excluding hydrogens is 368 g/mol. The maximum absolute atomic E-state index is 13.1. The topological polar surface area (TPSA) is 52.9 Å². The van der Waals surface area contributed by atoms with Crippen molar-refractivity contribution in [1.82, 2.24) is 9.47 Å². The summed E-state index contributed by atoms with van der Waals surface area (Å²) in [5, 5.41) is 0. The first kappa shape index (κ1) is 18.9. The van der Waals surface area contributed by atoms with E-state index in [4.69, 9.17) is 14.2 Å². The number of amides is 1. The number of aromatic nitrogens is 1. The van der Waals surface area contributed by atoms with E-state index in [-0.39, 0.29) is 18.6 Å². The van der Waals surface area contributed by atoms with E-state index in [1.54, 1.807) is 14.2 Å². The van der Waals surface area contributed by atoms with Gasteiger partial charge in [-0.15, -0.1) is 0 Å². The molecule has 150 valence electrons. The standard InChI is InChI=1S/C23H24N2O4/c1-27-20-11-10-17(15-21(20)28-2)23-19-9-6-12-24(19)13-14-25(23)22(26)16-29-18-7-4-3-5-8-18/h3-12,15,23H,13-14,16H2,1-2H3. The Morgan fingerprint density at radius 1 is 0.966 bits per heavy atom. The van der Waals surface area contributed by atoms with Gasteiger partial charge in [0.15, 0.2) is 18.1 Å². The first-order valence-electron chi connectivity index (χ1n) is 9.55. The van der Waals surface area contributed by atoms with E-state index in [0.29, 0.717) is 23.8 Å². The highest BCUT2D eigenvalue weighted by atomic mass is 16.5. The Balaban J connectivity index is 1.63. The van der Waals surface area contributed by atoms with Gasteiger partial charge in [-0.2, -0.15) is 0 Å². The summed E-state index contributed by atoms with van der Waals surface area (Å²) in [7, 11) is 3.22.